The number of aliphatic hydroxyl groups excluding tert-OH is 1. The quantitative estimate of drug-likeness (QED) is 0.700. The Bertz CT molecular complexity index is 524. The van der Waals surface area contributed by atoms with Crippen LogP contribution in [0.3, 0.4) is 0 Å². The average Bonchev–Trinajstić information content (AvgIpc) is 2.47. The molecule has 0 saturated carbocycles. The maximum absolute atomic E-state index is 10.6. The predicted octanol–water partition coefficient (Wildman–Crippen LogP) is 4.36. The molecule has 120 valence electrons. The molecule has 2 N–H and O–H groups in total. The van der Waals surface area contributed by atoms with Crippen LogP contribution in [0.15, 0.2) is 60.2 Å². The highest BCUT2D eigenvalue weighted by atomic mass is 16.3. The van der Waals surface area contributed by atoms with Gasteiger partial charge < -0.3 is 10.2 Å². The van der Waals surface area contributed by atoms with Gasteiger partial charge in [0.1, 0.15) is 0 Å². The number of allylic oxidation sites excluding steroid dienone is 2. The number of benzene rings is 1. The van der Waals surface area contributed by atoms with Gasteiger partial charge in [-0.3, -0.25) is 0 Å². The van der Waals surface area contributed by atoms with E-state index in [-0.39, 0.29) is 12.5 Å². The van der Waals surface area contributed by atoms with Crippen LogP contribution in [0.1, 0.15) is 39.2 Å². The lowest BCUT2D eigenvalue weighted by Crippen LogP contribution is -2.24. The molecule has 0 amide bonds. The minimum Gasteiger partial charge on any atom is -0.396 e. The van der Waals surface area contributed by atoms with Crippen LogP contribution in [0, 0.1) is 5.92 Å². The molecule has 0 aromatic heterocycles. The molecular formula is C20H28O2. The van der Waals surface area contributed by atoms with Gasteiger partial charge in [-0.05, 0) is 43.7 Å². The van der Waals surface area contributed by atoms with Crippen molar-refractivity contribution in [1.82, 2.24) is 0 Å². The van der Waals surface area contributed by atoms with Gasteiger partial charge in [-0.15, -0.1) is 0 Å². The Kier molecular flexibility index (Phi) is 7.30. The lowest BCUT2D eigenvalue weighted by atomic mass is 9.90. The summed E-state index contributed by atoms with van der Waals surface area (Å²) < 4.78 is 0. The number of aliphatic hydroxyl groups is 2. The molecule has 0 unspecified atom stereocenters. The summed E-state index contributed by atoms with van der Waals surface area (Å²) in [6.07, 6.45) is 7.23. The van der Waals surface area contributed by atoms with Crippen LogP contribution in [0.2, 0.25) is 0 Å². The fourth-order valence-corrected chi connectivity index (χ4v) is 2.18. The third-order valence-electron chi connectivity index (χ3n) is 3.82. The molecule has 2 heteroatoms. The van der Waals surface area contributed by atoms with Crippen LogP contribution in [0.25, 0.3) is 6.08 Å². The molecule has 0 fully saturated rings. The van der Waals surface area contributed by atoms with E-state index >= 15 is 0 Å². The standard InChI is InChI=1S/C20H28O2/c1-16(13-17(2)15-21)14-18(3)20(4,22)12-8-11-19-9-6-5-7-10-19/h5-11,14,17,21-22H,1,12-13,15H2,2-4H3/b11-8+,18-14+/t17-,20-/m1/s1. The SMILES string of the molecule is C=C(/C=C(\C)[C@](C)(O)C/C=C/c1ccccc1)C[C@@H](C)CO. The molecule has 2 atom stereocenters. The molecule has 0 bridgehead atoms. The molecule has 2 nitrogen and oxygen atoms in total. The molecule has 22 heavy (non-hydrogen) atoms. The van der Waals surface area contributed by atoms with Crippen molar-refractivity contribution >= 4 is 6.08 Å². The van der Waals surface area contributed by atoms with Gasteiger partial charge in [-0.1, -0.05) is 67.6 Å². The largest absolute Gasteiger partial charge is 0.396 e. The van der Waals surface area contributed by atoms with Gasteiger partial charge in [0.05, 0.1) is 5.60 Å². The summed E-state index contributed by atoms with van der Waals surface area (Å²) in [4.78, 5) is 0. The lowest BCUT2D eigenvalue weighted by Gasteiger charge is -2.23. The first-order valence-electron chi connectivity index (χ1n) is 7.76. The van der Waals surface area contributed by atoms with E-state index in [1.54, 1.807) is 0 Å². The lowest BCUT2D eigenvalue weighted by molar-refractivity contribution is 0.102. The van der Waals surface area contributed by atoms with Gasteiger partial charge in [0, 0.05) is 6.61 Å². The van der Waals surface area contributed by atoms with E-state index in [2.05, 4.69) is 6.58 Å². The Morgan fingerprint density at radius 1 is 1.32 bits per heavy atom. The summed E-state index contributed by atoms with van der Waals surface area (Å²) in [6.45, 7) is 9.88. The first-order valence-corrected chi connectivity index (χ1v) is 7.76. The Morgan fingerprint density at radius 3 is 2.55 bits per heavy atom. The first kappa shape index (κ1) is 18.4. The van der Waals surface area contributed by atoms with Crippen LogP contribution in [-0.4, -0.2) is 22.4 Å². The summed E-state index contributed by atoms with van der Waals surface area (Å²) in [5, 5.41) is 19.7. The fraction of sp³-hybridized carbons (Fsp3) is 0.400. The van der Waals surface area contributed by atoms with Gasteiger partial charge >= 0.3 is 0 Å². The van der Waals surface area contributed by atoms with Crippen molar-refractivity contribution in [3.05, 3.63) is 65.8 Å². The van der Waals surface area contributed by atoms with E-state index in [1.165, 1.54) is 0 Å². The second-order valence-corrected chi connectivity index (χ2v) is 6.27. The summed E-state index contributed by atoms with van der Waals surface area (Å²) in [6, 6.07) is 10.0. The molecule has 0 saturated heterocycles. The maximum atomic E-state index is 10.6. The zero-order valence-electron chi connectivity index (χ0n) is 13.9. The van der Waals surface area contributed by atoms with Gasteiger partial charge in [0.25, 0.3) is 0 Å². The summed E-state index contributed by atoms with van der Waals surface area (Å²) in [5.74, 6) is 0.194. The van der Waals surface area contributed by atoms with Crippen LogP contribution in [-0.2, 0) is 0 Å². The van der Waals surface area contributed by atoms with Gasteiger partial charge in [-0.2, -0.15) is 0 Å². The smallest absolute Gasteiger partial charge is 0.0863 e. The topological polar surface area (TPSA) is 40.5 Å². The monoisotopic (exact) mass is 300 g/mol. The van der Waals surface area contributed by atoms with Crippen molar-refractivity contribution < 1.29 is 10.2 Å². The Morgan fingerprint density at radius 2 is 1.95 bits per heavy atom. The van der Waals surface area contributed by atoms with E-state index in [1.807, 2.05) is 69.3 Å². The molecule has 0 heterocycles. The Balaban J connectivity index is 2.64. The number of hydrogen-bond acceptors (Lipinski definition) is 2. The van der Waals surface area contributed by atoms with E-state index in [0.717, 1.165) is 23.1 Å². The minimum atomic E-state index is -0.892. The van der Waals surface area contributed by atoms with E-state index in [0.29, 0.717) is 6.42 Å². The molecule has 1 aromatic rings. The molecule has 1 aromatic carbocycles. The highest BCUT2D eigenvalue weighted by Crippen LogP contribution is 2.24. The fourth-order valence-electron chi connectivity index (χ4n) is 2.18. The van der Waals surface area contributed by atoms with E-state index < -0.39 is 5.60 Å². The zero-order chi connectivity index (χ0) is 16.6. The third-order valence-corrected chi connectivity index (χ3v) is 3.82. The van der Waals surface area contributed by atoms with Crippen LogP contribution >= 0.6 is 0 Å². The van der Waals surface area contributed by atoms with E-state index in [4.69, 9.17) is 5.11 Å². The molecule has 0 aliphatic carbocycles. The van der Waals surface area contributed by atoms with Gasteiger partial charge in [0.15, 0.2) is 0 Å². The first-order chi connectivity index (χ1) is 10.3. The van der Waals surface area contributed by atoms with Crippen molar-refractivity contribution in [2.75, 3.05) is 6.61 Å². The van der Waals surface area contributed by atoms with E-state index in [9.17, 15) is 5.11 Å². The molecule has 0 spiro atoms. The molecule has 0 aliphatic heterocycles. The van der Waals surface area contributed by atoms with Crippen molar-refractivity contribution in [3.8, 4) is 0 Å². The highest BCUT2D eigenvalue weighted by Gasteiger charge is 2.21. The molecule has 0 radical (unpaired) electrons. The summed E-state index contributed by atoms with van der Waals surface area (Å²) >= 11 is 0. The molecular weight excluding hydrogens is 272 g/mol. The van der Waals surface area contributed by atoms with Crippen LogP contribution < -0.4 is 0 Å². The van der Waals surface area contributed by atoms with Gasteiger partial charge in [0.2, 0.25) is 0 Å². The second-order valence-electron chi connectivity index (χ2n) is 6.27. The predicted molar refractivity (Wildman–Crippen MR) is 94.5 cm³/mol. The summed E-state index contributed by atoms with van der Waals surface area (Å²) in [7, 11) is 0. The maximum Gasteiger partial charge on any atom is 0.0863 e. The number of hydrogen-bond donors (Lipinski definition) is 2. The Labute approximate surface area is 134 Å². The van der Waals surface area contributed by atoms with Crippen molar-refractivity contribution in [2.24, 2.45) is 5.92 Å². The number of rotatable bonds is 8. The average molecular weight is 300 g/mol. The molecule has 0 aliphatic rings. The van der Waals surface area contributed by atoms with Crippen molar-refractivity contribution in [1.29, 1.82) is 0 Å². The minimum absolute atomic E-state index is 0.155. The highest BCUT2D eigenvalue weighted by molar-refractivity contribution is 5.49. The van der Waals surface area contributed by atoms with Crippen LogP contribution in [0.5, 0.6) is 0 Å². The second kappa shape index (κ2) is 8.72. The molecule has 1 rings (SSSR count). The van der Waals surface area contributed by atoms with Crippen molar-refractivity contribution in [3.63, 3.8) is 0 Å². The normalized spacial score (nSPS) is 16.5. The zero-order valence-corrected chi connectivity index (χ0v) is 13.9. The summed E-state index contributed by atoms with van der Waals surface area (Å²) in [5.41, 5.74) is 2.06. The third kappa shape index (κ3) is 6.42. The van der Waals surface area contributed by atoms with Crippen LogP contribution in [0.4, 0.5) is 0 Å². The Hall–Kier alpha value is -1.64. The van der Waals surface area contributed by atoms with Gasteiger partial charge in [-0.25, -0.2) is 0 Å². The van der Waals surface area contributed by atoms with Crippen molar-refractivity contribution in [2.45, 2.75) is 39.2 Å².